The number of ether oxygens (including phenoxy) is 1. The van der Waals surface area contributed by atoms with Gasteiger partial charge in [-0.1, -0.05) is 13.8 Å². The molecule has 5 heteroatoms. The molecule has 0 unspecified atom stereocenters. The van der Waals surface area contributed by atoms with Crippen LogP contribution in [0.25, 0.3) is 0 Å². The van der Waals surface area contributed by atoms with Crippen LogP contribution in [0.1, 0.15) is 34.1 Å². The Hall–Kier alpha value is -1.26. The highest BCUT2D eigenvalue weighted by Gasteiger charge is 2.14. The van der Waals surface area contributed by atoms with Crippen LogP contribution in [0.15, 0.2) is 24.3 Å². The molecule has 0 saturated carbocycles. The molecular weight excluding hydrogens is 276 g/mol. The summed E-state index contributed by atoms with van der Waals surface area (Å²) < 4.78 is 5.54. The van der Waals surface area contributed by atoms with Gasteiger partial charge in [-0.05, 0) is 50.5 Å². The normalized spacial score (nSPS) is 11.9. The molecule has 0 heterocycles. The number of carbonyl (C=O) groups excluding carboxylic acids is 1. The van der Waals surface area contributed by atoms with Crippen molar-refractivity contribution in [1.82, 2.24) is 0 Å². The van der Waals surface area contributed by atoms with E-state index in [1.807, 2.05) is 52.0 Å². The van der Waals surface area contributed by atoms with Crippen molar-refractivity contribution >= 4 is 24.0 Å². The molecule has 0 aromatic heterocycles. The lowest BCUT2D eigenvalue weighted by atomic mass is 10.0. The number of amides is 1. The summed E-state index contributed by atoms with van der Waals surface area (Å²) in [6, 6.07) is 6.84. The smallest absolute Gasteiger partial charge is 0.241 e. The average Bonchev–Trinajstić information content (AvgIpc) is 2.30. The van der Waals surface area contributed by atoms with Crippen molar-refractivity contribution < 1.29 is 9.53 Å². The summed E-state index contributed by atoms with van der Waals surface area (Å²) in [5.74, 6) is 1.05. The highest BCUT2D eigenvalue weighted by atomic mass is 35.5. The minimum Gasteiger partial charge on any atom is -0.491 e. The largest absolute Gasteiger partial charge is 0.491 e. The molecule has 1 aromatic rings. The van der Waals surface area contributed by atoms with Crippen LogP contribution in [0, 0.1) is 5.92 Å². The molecule has 20 heavy (non-hydrogen) atoms. The lowest BCUT2D eigenvalue weighted by Gasteiger charge is -2.15. The number of halogens is 1. The van der Waals surface area contributed by atoms with Gasteiger partial charge in [-0.15, -0.1) is 12.4 Å². The molecule has 3 N–H and O–H groups in total. The molecule has 4 nitrogen and oxygen atoms in total. The number of hydrogen-bond acceptors (Lipinski definition) is 3. The Kier molecular flexibility index (Phi) is 8.26. The molecule has 0 radical (unpaired) electrons. The monoisotopic (exact) mass is 300 g/mol. The molecule has 0 aliphatic heterocycles. The van der Waals surface area contributed by atoms with E-state index in [1.54, 1.807) is 0 Å². The minimum atomic E-state index is -0.466. The summed E-state index contributed by atoms with van der Waals surface area (Å²) >= 11 is 0. The quantitative estimate of drug-likeness (QED) is 0.848. The summed E-state index contributed by atoms with van der Waals surface area (Å²) in [5.41, 5.74) is 6.56. The third-order valence-corrected chi connectivity index (χ3v) is 2.56. The van der Waals surface area contributed by atoms with Gasteiger partial charge in [0.1, 0.15) is 5.75 Å². The van der Waals surface area contributed by atoms with Gasteiger partial charge in [-0.3, -0.25) is 4.79 Å². The standard InChI is InChI=1S/C15H24N2O2.ClH/c1-10(2)9-14(16)15(18)17-12-5-7-13(8-6-12)19-11(3)4;/h5-8,10-11,14H,9,16H2,1-4H3,(H,17,18);1H/t14-;/m0./s1. The SMILES string of the molecule is CC(C)C[C@H](N)C(=O)Nc1ccc(OC(C)C)cc1.Cl. The second-order valence-corrected chi connectivity index (χ2v) is 5.42. The molecule has 1 rings (SSSR count). The van der Waals surface area contributed by atoms with Crippen LogP contribution >= 0.6 is 12.4 Å². The second-order valence-electron chi connectivity index (χ2n) is 5.42. The molecule has 1 atom stereocenters. The van der Waals surface area contributed by atoms with Crippen molar-refractivity contribution in [2.45, 2.75) is 46.3 Å². The highest BCUT2D eigenvalue weighted by Crippen LogP contribution is 2.17. The average molecular weight is 301 g/mol. The molecule has 1 amide bonds. The van der Waals surface area contributed by atoms with Crippen molar-refractivity contribution in [2.75, 3.05) is 5.32 Å². The molecule has 0 spiro atoms. The first kappa shape index (κ1) is 18.7. The Morgan fingerprint density at radius 3 is 2.20 bits per heavy atom. The van der Waals surface area contributed by atoms with Crippen LogP contribution in [0.5, 0.6) is 5.75 Å². The van der Waals surface area contributed by atoms with E-state index in [-0.39, 0.29) is 24.4 Å². The minimum absolute atomic E-state index is 0. The van der Waals surface area contributed by atoms with Crippen LogP contribution in [0.2, 0.25) is 0 Å². The van der Waals surface area contributed by atoms with Gasteiger partial charge >= 0.3 is 0 Å². The summed E-state index contributed by atoms with van der Waals surface area (Å²) in [7, 11) is 0. The van der Waals surface area contributed by atoms with E-state index in [9.17, 15) is 4.79 Å². The van der Waals surface area contributed by atoms with Gasteiger partial charge in [0.15, 0.2) is 0 Å². The van der Waals surface area contributed by atoms with E-state index in [2.05, 4.69) is 5.32 Å². The maximum atomic E-state index is 11.8. The van der Waals surface area contributed by atoms with Gasteiger partial charge < -0.3 is 15.8 Å². The van der Waals surface area contributed by atoms with Crippen molar-refractivity contribution in [1.29, 1.82) is 0 Å². The summed E-state index contributed by atoms with van der Waals surface area (Å²) in [5, 5.41) is 2.81. The number of carbonyl (C=O) groups is 1. The Bertz CT molecular complexity index is 405. The van der Waals surface area contributed by atoms with Gasteiger partial charge in [0, 0.05) is 5.69 Å². The lowest BCUT2D eigenvalue weighted by Crippen LogP contribution is -2.36. The summed E-state index contributed by atoms with van der Waals surface area (Å²) in [6.45, 7) is 8.04. The van der Waals surface area contributed by atoms with Crippen molar-refractivity contribution in [2.24, 2.45) is 11.7 Å². The number of rotatable bonds is 6. The fourth-order valence-corrected chi connectivity index (χ4v) is 1.74. The predicted octanol–water partition coefficient (Wildman–Crippen LogP) is 3.21. The number of nitrogens with two attached hydrogens (primary N) is 1. The van der Waals surface area contributed by atoms with Crippen LogP contribution in [-0.2, 0) is 4.79 Å². The zero-order valence-electron chi connectivity index (χ0n) is 12.6. The Morgan fingerprint density at radius 2 is 1.75 bits per heavy atom. The maximum Gasteiger partial charge on any atom is 0.241 e. The zero-order chi connectivity index (χ0) is 14.4. The zero-order valence-corrected chi connectivity index (χ0v) is 13.4. The third-order valence-electron chi connectivity index (χ3n) is 2.56. The fourth-order valence-electron chi connectivity index (χ4n) is 1.74. The Labute approximate surface area is 127 Å². The van der Waals surface area contributed by atoms with Crippen LogP contribution in [-0.4, -0.2) is 18.1 Å². The predicted molar refractivity (Wildman–Crippen MR) is 85.5 cm³/mol. The Balaban J connectivity index is 0.00000361. The lowest BCUT2D eigenvalue weighted by molar-refractivity contribution is -0.117. The van der Waals surface area contributed by atoms with Crippen LogP contribution in [0.4, 0.5) is 5.69 Å². The first-order valence-corrected chi connectivity index (χ1v) is 6.71. The van der Waals surface area contributed by atoms with Gasteiger partial charge in [0.05, 0.1) is 12.1 Å². The van der Waals surface area contributed by atoms with Crippen molar-refractivity contribution in [3.8, 4) is 5.75 Å². The van der Waals surface area contributed by atoms with E-state index in [0.29, 0.717) is 12.3 Å². The second kappa shape index (κ2) is 8.82. The molecule has 0 saturated heterocycles. The highest BCUT2D eigenvalue weighted by molar-refractivity contribution is 5.94. The number of nitrogens with one attached hydrogen (secondary N) is 1. The van der Waals surface area contributed by atoms with Crippen LogP contribution < -0.4 is 15.8 Å². The number of hydrogen-bond donors (Lipinski definition) is 2. The summed E-state index contributed by atoms with van der Waals surface area (Å²) in [6.07, 6.45) is 0.820. The van der Waals surface area contributed by atoms with E-state index in [1.165, 1.54) is 0 Å². The molecule has 114 valence electrons. The van der Waals surface area contributed by atoms with E-state index in [4.69, 9.17) is 10.5 Å². The number of anilines is 1. The Morgan fingerprint density at radius 1 is 1.20 bits per heavy atom. The van der Waals surface area contributed by atoms with E-state index in [0.717, 1.165) is 11.4 Å². The topological polar surface area (TPSA) is 64.4 Å². The molecule has 0 aliphatic rings. The van der Waals surface area contributed by atoms with Gasteiger partial charge in [-0.2, -0.15) is 0 Å². The molecule has 0 fully saturated rings. The first-order chi connectivity index (χ1) is 8.88. The molecule has 0 bridgehead atoms. The van der Waals surface area contributed by atoms with E-state index < -0.39 is 6.04 Å². The van der Waals surface area contributed by atoms with Crippen molar-refractivity contribution in [3.63, 3.8) is 0 Å². The number of benzene rings is 1. The summed E-state index contributed by atoms with van der Waals surface area (Å²) in [4.78, 5) is 11.8. The molecule has 1 aromatic carbocycles. The van der Waals surface area contributed by atoms with E-state index >= 15 is 0 Å². The van der Waals surface area contributed by atoms with Gasteiger partial charge in [0.2, 0.25) is 5.91 Å². The maximum absolute atomic E-state index is 11.8. The van der Waals surface area contributed by atoms with Gasteiger partial charge in [0.25, 0.3) is 0 Å². The molecule has 0 aliphatic carbocycles. The first-order valence-electron chi connectivity index (χ1n) is 6.71. The van der Waals surface area contributed by atoms with Crippen LogP contribution in [0.3, 0.4) is 0 Å². The molecular formula is C15H25ClN2O2. The van der Waals surface area contributed by atoms with Gasteiger partial charge in [-0.25, -0.2) is 0 Å². The third kappa shape index (κ3) is 6.78. The fraction of sp³-hybridized carbons (Fsp3) is 0.533. The van der Waals surface area contributed by atoms with Crippen molar-refractivity contribution in [3.05, 3.63) is 24.3 Å².